The molecule has 1 N–H and O–H groups in total. The minimum Gasteiger partial charge on any atom is -0.467 e. The number of carbonyl (C=O) groups is 1. The van der Waals surface area contributed by atoms with Crippen molar-refractivity contribution < 1.29 is 9.21 Å². The average Bonchev–Trinajstić information content (AvgIpc) is 3.21. The molecule has 0 saturated heterocycles. The molecule has 158 valence electrons. The summed E-state index contributed by atoms with van der Waals surface area (Å²) < 4.78 is 7.59. The van der Waals surface area contributed by atoms with E-state index in [4.69, 9.17) is 4.42 Å². The largest absolute Gasteiger partial charge is 0.467 e. The van der Waals surface area contributed by atoms with Gasteiger partial charge in [0.2, 0.25) is 5.91 Å². The number of rotatable bonds is 7. The Hall–Kier alpha value is -2.54. The highest BCUT2D eigenvalue weighted by atomic mass is 32.2. The van der Waals surface area contributed by atoms with Crippen molar-refractivity contribution in [2.45, 2.75) is 68.9 Å². The predicted octanol–water partition coefficient (Wildman–Crippen LogP) is 4.64. The minimum atomic E-state index is -0.249. The molecule has 1 unspecified atom stereocenters. The number of hydrogen-bond donors (Lipinski definition) is 1. The van der Waals surface area contributed by atoms with Crippen LogP contribution in [-0.2, 0) is 16.8 Å². The van der Waals surface area contributed by atoms with Crippen molar-refractivity contribution in [1.82, 2.24) is 20.1 Å². The Kier molecular flexibility index (Phi) is 5.73. The smallest absolute Gasteiger partial charge is 0.233 e. The first kappa shape index (κ1) is 20.7. The summed E-state index contributed by atoms with van der Waals surface area (Å²) in [5.74, 6) is 1.63. The van der Waals surface area contributed by atoms with E-state index in [1.807, 2.05) is 23.6 Å². The van der Waals surface area contributed by atoms with Gasteiger partial charge < -0.3 is 9.73 Å². The summed E-state index contributed by atoms with van der Waals surface area (Å²) in [7, 11) is 0. The van der Waals surface area contributed by atoms with Gasteiger partial charge in [0.1, 0.15) is 5.76 Å². The molecule has 1 fully saturated rings. The summed E-state index contributed by atoms with van der Waals surface area (Å²) in [5, 5.41) is 12.4. The van der Waals surface area contributed by atoms with Gasteiger partial charge in [-0.3, -0.25) is 9.36 Å². The molecule has 0 aliphatic heterocycles. The van der Waals surface area contributed by atoms with Crippen LogP contribution in [0, 0.1) is 0 Å². The monoisotopic (exact) mass is 424 g/mol. The molecular weight excluding hydrogens is 396 g/mol. The normalized spacial score (nSPS) is 15.2. The zero-order valence-corrected chi connectivity index (χ0v) is 18.7. The van der Waals surface area contributed by atoms with Crippen molar-refractivity contribution in [2.75, 3.05) is 0 Å². The van der Waals surface area contributed by atoms with Crippen molar-refractivity contribution in [2.24, 2.45) is 0 Å². The number of carbonyl (C=O) groups excluding carboxylic acids is 1. The van der Waals surface area contributed by atoms with Gasteiger partial charge in [-0.15, -0.1) is 10.2 Å². The van der Waals surface area contributed by atoms with Crippen LogP contribution in [0.5, 0.6) is 0 Å². The maximum Gasteiger partial charge on any atom is 0.233 e. The third-order valence-corrected chi connectivity index (χ3v) is 6.28. The summed E-state index contributed by atoms with van der Waals surface area (Å²) in [6.07, 6.45) is 3.81. The van der Waals surface area contributed by atoms with Crippen LogP contribution in [0.2, 0.25) is 0 Å². The zero-order chi connectivity index (χ0) is 21.3. The van der Waals surface area contributed by atoms with Crippen molar-refractivity contribution in [3.63, 3.8) is 0 Å². The van der Waals surface area contributed by atoms with Gasteiger partial charge in [0.15, 0.2) is 11.0 Å². The lowest BCUT2D eigenvalue weighted by atomic mass is 9.87. The fourth-order valence-corrected chi connectivity index (χ4v) is 4.03. The van der Waals surface area contributed by atoms with Crippen LogP contribution in [0.1, 0.15) is 51.9 Å². The van der Waals surface area contributed by atoms with Crippen LogP contribution < -0.4 is 5.32 Å². The number of hydrogen-bond acceptors (Lipinski definition) is 5. The Morgan fingerprint density at radius 2 is 1.97 bits per heavy atom. The van der Waals surface area contributed by atoms with E-state index < -0.39 is 0 Å². The predicted molar refractivity (Wildman–Crippen MR) is 118 cm³/mol. The summed E-state index contributed by atoms with van der Waals surface area (Å²) in [6.45, 7) is 9.01. The van der Waals surface area contributed by atoms with Gasteiger partial charge in [-0.1, -0.05) is 56.8 Å². The lowest BCUT2D eigenvalue weighted by molar-refractivity contribution is -0.120. The molecular formula is C23H28N4O2S. The number of furan rings is 1. The maximum atomic E-state index is 12.4. The third kappa shape index (κ3) is 4.78. The Labute approximate surface area is 181 Å². The van der Waals surface area contributed by atoms with E-state index in [0.717, 1.165) is 30.0 Å². The highest BCUT2D eigenvalue weighted by Gasteiger charge is 2.27. The molecule has 1 aromatic carbocycles. The summed E-state index contributed by atoms with van der Waals surface area (Å²) in [6, 6.07) is 12.6. The molecule has 0 radical (unpaired) electrons. The van der Waals surface area contributed by atoms with Gasteiger partial charge in [0.05, 0.1) is 18.1 Å². The van der Waals surface area contributed by atoms with Crippen molar-refractivity contribution in [1.29, 1.82) is 0 Å². The lowest BCUT2D eigenvalue weighted by Crippen LogP contribution is -2.32. The van der Waals surface area contributed by atoms with Crippen molar-refractivity contribution in [3.8, 4) is 11.4 Å². The van der Waals surface area contributed by atoms with Crippen LogP contribution >= 0.6 is 11.8 Å². The topological polar surface area (TPSA) is 73.0 Å². The van der Waals surface area contributed by atoms with E-state index in [9.17, 15) is 4.79 Å². The molecule has 3 aromatic rings. The van der Waals surface area contributed by atoms with Gasteiger partial charge >= 0.3 is 0 Å². The fourth-order valence-electron chi connectivity index (χ4n) is 3.17. The molecule has 30 heavy (non-hydrogen) atoms. The minimum absolute atomic E-state index is 0.0473. The van der Waals surface area contributed by atoms with Gasteiger partial charge in [0, 0.05) is 11.6 Å². The second-order valence-corrected chi connectivity index (χ2v) is 10.1. The van der Waals surface area contributed by atoms with Crippen LogP contribution in [-0.4, -0.2) is 32.0 Å². The van der Waals surface area contributed by atoms with E-state index in [1.54, 1.807) is 6.26 Å². The first-order chi connectivity index (χ1) is 14.3. The highest BCUT2D eigenvalue weighted by Crippen LogP contribution is 2.30. The zero-order valence-electron chi connectivity index (χ0n) is 17.9. The molecule has 7 heteroatoms. The molecule has 1 saturated carbocycles. The molecule has 6 nitrogen and oxygen atoms in total. The molecule has 4 rings (SSSR count). The lowest BCUT2D eigenvalue weighted by Gasteiger charge is -2.19. The average molecular weight is 425 g/mol. The first-order valence-electron chi connectivity index (χ1n) is 10.3. The molecule has 1 aliphatic carbocycles. The van der Waals surface area contributed by atoms with Crippen LogP contribution in [0.3, 0.4) is 0 Å². The second-order valence-electron chi connectivity index (χ2n) is 8.84. The molecule has 2 aromatic heterocycles. The Morgan fingerprint density at radius 1 is 1.23 bits per heavy atom. The standard InChI is InChI=1S/C23H28N4O2S/c1-15(21(28)24-18-11-12-18)30-22-26-25-20(27(22)14-19-6-5-13-29-19)16-7-9-17(10-8-16)23(2,3)4/h5-10,13,15,18H,11-12,14H2,1-4H3,(H,24,28). The molecule has 2 heterocycles. The number of aromatic nitrogens is 3. The Morgan fingerprint density at radius 3 is 2.57 bits per heavy atom. The molecule has 0 spiro atoms. The molecule has 0 bridgehead atoms. The summed E-state index contributed by atoms with van der Waals surface area (Å²) >= 11 is 1.43. The Balaban J connectivity index is 1.62. The van der Waals surface area contributed by atoms with Crippen molar-refractivity contribution >= 4 is 17.7 Å². The molecule has 1 aliphatic rings. The molecule has 1 atom stereocenters. The van der Waals surface area contributed by atoms with Crippen LogP contribution in [0.4, 0.5) is 0 Å². The number of amides is 1. The summed E-state index contributed by atoms with van der Waals surface area (Å²) in [4.78, 5) is 12.4. The SMILES string of the molecule is CC(Sc1nnc(-c2ccc(C(C)(C)C)cc2)n1Cc1ccco1)C(=O)NC1CC1. The maximum absolute atomic E-state index is 12.4. The van der Waals surface area contributed by atoms with Gasteiger partial charge in [-0.05, 0) is 42.9 Å². The number of nitrogens with one attached hydrogen (secondary N) is 1. The van der Waals surface area contributed by atoms with Gasteiger partial charge in [-0.2, -0.15) is 0 Å². The van der Waals surface area contributed by atoms with E-state index in [2.05, 4.69) is 60.6 Å². The molecule has 1 amide bonds. The van der Waals surface area contributed by atoms with Gasteiger partial charge in [-0.25, -0.2) is 0 Å². The second kappa shape index (κ2) is 8.30. The Bertz CT molecular complexity index is 999. The van der Waals surface area contributed by atoms with E-state index >= 15 is 0 Å². The van der Waals surface area contributed by atoms with E-state index in [0.29, 0.717) is 17.7 Å². The third-order valence-electron chi connectivity index (χ3n) is 5.20. The van der Waals surface area contributed by atoms with Crippen LogP contribution in [0.25, 0.3) is 11.4 Å². The summed E-state index contributed by atoms with van der Waals surface area (Å²) in [5.41, 5.74) is 2.35. The number of nitrogens with zero attached hydrogens (tertiary/aromatic N) is 3. The van der Waals surface area contributed by atoms with E-state index in [-0.39, 0.29) is 16.6 Å². The first-order valence-corrected chi connectivity index (χ1v) is 11.2. The van der Waals surface area contributed by atoms with Crippen LogP contribution in [0.15, 0.2) is 52.2 Å². The highest BCUT2D eigenvalue weighted by molar-refractivity contribution is 8.00. The number of thioether (sulfide) groups is 1. The van der Waals surface area contributed by atoms with Gasteiger partial charge in [0.25, 0.3) is 0 Å². The number of benzene rings is 1. The van der Waals surface area contributed by atoms with E-state index in [1.165, 1.54) is 17.3 Å². The fraction of sp³-hybridized carbons (Fsp3) is 0.435. The quantitative estimate of drug-likeness (QED) is 0.559. The van der Waals surface area contributed by atoms with Crippen molar-refractivity contribution in [3.05, 3.63) is 54.0 Å².